The largest absolute Gasteiger partial charge is 0.390 e. The molecule has 10 heavy (non-hydrogen) atoms. The second-order valence-corrected chi connectivity index (χ2v) is 3.71. The smallest absolute Gasteiger partial charge is 0.0937 e. The molecule has 0 heterocycles. The molecular weight excluding hydrogens is 128 g/mol. The van der Waals surface area contributed by atoms with E-state index in [2.05, 4.69) is 6.92 Å². The van der Waals surface area contributed by atoms with Crippen molar-refractivity contribution >= 4 is 0 Å². The zero-order chi connectivity index (χ0) is 7.35. The minimum atomic E-state index is -1.02. The first-order valence-electron chi connectivity index (χ1n) is 3.88. The second kappa shape index (κ2) is 1.74. The Morgan fingerprint density at radius 3 is 2.40 bits per heavy atom. The van der Waals surface area contributed by atoms with Crippen molar-refractivity contribution in [2.24, 2.45) is 11.8 Å². The molecule has 0 aromatic heterocycles. The van der Waals surface area contributed by atoms with Crippen molar-refractivity contribution in [1.82, 2.24) is 0 Å². The first kappa shape index (κ1) is 6.62. The van der Waals surface area contributed by atoms with Crippen LogP contribution in [0.2, 0.25) is 0 Å². The van der Waals surface area contributed by atoms with Crippen LogP contribution >= 0.6 is 0 Å². The van der Waals surface area contributed by atoms with Gasteiger partial charge in [0.25, 0.3) is 0 Å². The summed E-state index contributed by atoms with van der Waals surface area (Å²) in [6.45, 7) is 3.64. The van der Waals surface area contributed by atoms with E-state index in [-0.39, 0.29) is 5.92 Å². The third-order valence-electron chi connectivity index (χ3n) is 3.14. The van der Waals surface area contributed by atoms with E-state index in [4.69, 9.17) is 0 Å². The van der Waals surface area contributed by atoms with Gasteiger partial charge < -0.3 is 10.2 Å². The topological polar surface area (TPSA) is 40.5 Å². The maximum absolute atomic E-state index is 9.59. The summed E-state index contributed by atoms with van der Waals surface area (Å²) >= 11 is 0. The molecule has 4 unspecified atom stereocenters. The Hall–Kier alpha value is -0.0800. The average Bonchev–Trinajstić information content (AvgIpc) is 2.37. The van der Waals surface area contributed by atoms with Gasteiger partial charge in [-0.15, -0.1) is 0 Å². The highest BCUT2D eigenvalue weighted by molar-refractivity contribution is 5.08. The standard InChI is InChI=1S/C8H13O2/c1-8(10)6-3-2-5(4-6)7(8)9/h5-7,9-10H,1-4H2. The molecule has 2 heteroatoms. The fourth-order valence-electron chi connectivity index (χ4n) is 2.41. The molecule has 0 amide bonds. The van der Waals surface area contributed by atoms with Crippen molar-refractivity contribution in [2.75, 3.05) is 0 Å². The minimum Gasteiger partial charge on any atom is -0.390 e. The quantitative estimate of drug-likeness (QED) is 0.511. The summed E-state index contributed by atoms with van der Waals surface area (Å²) in [6, 6.07) is 0. The van der Waals surface area contributed by atoms with Gasteiger partial charge in [0.1, 0.15) is 0 Å². The predicted molar refractivity (Wildman–Crippen MR) is 37.1 cm³/mol. The van der Waals surface area contributed by atoms with E-state index in [1.807, 2.05) is 0 Å². The van der Waals surface area contributed by atoms with Gasteiger partial charge in [-0.1, -0.05) is 0 Å². The van der Waals surface area contributed by atoms with Crippen LogP contribution in [0.1, 0.15) is 19.3 Å². The van der Waals surface area contributed by atoms with Crippen molar-refractivity contribution in [1.29, 1.82) is 0 Å². The molecule has 2 saturated carbocycles. The average molecular weight is 141 g/mol. The summed E-state index contributed by atoms with van der Waals surface area (Å²) in [5, 5.41) is 19.0. The monoisotopic (exact) mass is 141 g/mol. The Balaban J connectivity index is 2.25. The maximum atomic E-state index is 9.59. The molecule has 0 saturated heterocycles. The Morgan fingerprint density at radius 2 is 2.10 bits per heavy atom. The molecule has 2 nitrogen and oxygen atoms in total. The Labute approximate surface area is 60.9 Å². The van der Waals surface area contributed by atoms with Gasteiger partial charge in [0.15, 0.2) is 0 Å². The molecule has 2 bridgehead atoms. The highest BCUT2D eigenvalue weighted by atomic mass is 16.3. The lowest BCUT2D eigenvalue weighted by molar-refractivity contribution is -0.0752. The summed E-state index contributed by atoms with van der Waals surface area (Å²) < 4.78 is 0. The zero-order valence-electron chi connectivity index (χ0n) is 5.95. The highest BCUT2D eigenvalue weighted by Crippen LogP contribution is 2.50. The van der Waals surface area contributed by atoms with Gasteiger partial charge >= 0.3 is 0 Å². The van der Waals surface area contributed by atoms with Crippen LogP contribution in [0, 0.1) is 18.8 Å². The lowest BCUT2D eigenvalue weighted by atomic mass is 9.84. The van der Waals surface area contributed by atoms with Crippen LogP contribution in [0.4, 0.5) is 0 Å². The molecule has 2 N–H and O–H groups in total. The SMILES string of the molecule is [CH2]C1(O)C2CCC(C2)C1O. The van der Waals surface area contributed by atoms with E-state index >= 15 is 0 Å². The van der Waals surface area contributed by atoms with Gasteiger partial charge in [-0.2, -0.15) is 0 Å². The molecule has 2 aliphatic carbocycles. The maximum Gasteiger partial charge on any atom is 0.0937 e. The van der Waals surface area contributed by atoms with E-state index in [0.29, 0.717) is 5.92 Å². The molecule has 0 aromatic rings. The van der Waals surface area contributed by atoms with E-state index in [0.717, 1.165) is 19.3 Å². The second-order valence-electron chi connectivity index (χ2n) is 3.71. The lowest BCUT2D eigenvalue weighted by Crippen LogP contribution is -2.44. The molecule has 2 aliphatic rings. The van der Waals surface area contributed by atoms with Crippen molar-refractivity contribution in [2.45, 2.75) is 31.0 Å². The summed E-state index contributed by atoms with van der Waals surface area (Å²) in [4.78, 5) is 0. The van der Waals surface area contributed by atoms with Crippen LogP contribution in [-0.4, -0.2) is 21.9 Å². The third kappa shape index (κ3) is 0.611. The molecule has 1 radical (unpaired) electrons. The third-order valence-corrected chi connectivity index (χ3v) is 3.14. The van der Waals surface area contributed by atoms with E-state index < -0.39 is 11.7 Å². The molecular formula is C8H13O2. The predicted octanol–water partition coefficient (Wildman–Crippen LogP) is 0.342. The first-order valence-corrected chi connectivity index (χ1v) is 3.88. The van der Waals surface area contributed by atoms with Gasteiger partial charge in [-0.05, 0) is 38.0 Å². The van der Waals surface area contributed by atoms with Crippen LogP contribution in [0.5, 0.6) is 0 Å². The Bertz CT molecular complexity index is 149. The number of aliphatic hydroxyl groups is 2. The molecule has 4 atom stereocenters. The summed E-state index contributed by atoms with van der Waals surface area (Å²) in [5.41, 5.74) is -1.02. The van der Waals surface area contributed by atoms with Crippen LogP contribution in [0.15, 0.2) is 0 Å². The molecule has 0 aliphatic heterocycles. The number of aliphatic hydroxyl groups excluding tert-OH is 1. The van der Waals surface area contributed by atoms with Gasteiger partial charge in [-0.25, -0.2) is 0 Å². The lowest BCUT2D eigenvalue weighted by Gasteiger charge is -2.32. The molecule has 2 rings (SSSR count). The van der Waals surface area contributed by atoms with Crippen LogP contribution < -0.4 is 0 Å². The van der Waals surface area contributed by atoms with Gasteiger partial charge in [0.05, 0.1) is 11.7 Å². The number of hydrogen-bond donors (Lipinski definition) is 2. The van der Waals surface area contributed by atoms with Crippen LogP contribution in [0.3, 0.4) is 0 Å². The van der Waals surface area contributed by atoms with Crippen molar-refractivity contribution in [3.63, 3.8) is 0 Å². The van der Waals surface area contributed by atoms with Gasteiger partial charge in [0, 0.05) is 0 Å². The van der Waals surface area contributed by atoms with Crippen LogP contribution in [-0.2, 0) is 0 Å². The molecule has 0 spiro atoms. The molecule has 57 valence electrons. The molecule has 0 aromatic carbocycles. The van der Waals surface area contributed by atoms with Crippen molar-refractivity contribution in [3.05, 3.63) is 6.92 Å². The Kier molecular flexibility index (Phi) is 1.15. The summed E-state index contributed by atoms with van der Waals surface area (Å²) in [7, 11) is 0. The number of fused-ring (bicyclic) bond motifs is 2. The molecule has 2 fully saturated rings. The normalized spacial score (nSPS) is 59.7. The van der Waals surface area contributed by atoms with E-state index in [1.54, 1.807) is 0 Å². The number of hydrogen-bond acceptors (Lipinski definition) is 2. The van der Waals surface area contributed by atoms with Crippen molar-refractivity contribution in [3.8, 4) is 0 Å². The van der Waals surface area contributed by atoms with E-state index in [1.165, 1.54) is 0 Å². The van der Waals surface area contributed by atoms with Gasteiger partial charge in [-0.3, -0.25) is 0 Å². The summed E-state index contributed by atoms with van der Waals surface area (Å²) in [5.74, 6) is 0.583. The van der Waals surface area contributed by atoms with Crippen molar-refractivity contribution < 1.29 is 10.2 Å². The highest BCUT2D eigenvalue weighted by Gasteiger charge is 2.54. The Morgan fingerprint density at radius 1 is 1.40 bits per heavy atom. The zero-order valence-corrected chi connectivity index (χ0v) is 5.95. The fraction of sp³-hybridized carbons (Fsp3) is 0.875. The first-order chi connectivity index (χ1) is 4.62. The van der Waals surface area contributed by atoms with Crippen LogP contribution in [0.25, 0.3) is 0 Å². The fourth-order valence-corrected chi connectivity index (χ4v) is 2.41. The van der Waals surface area contributed by atoms with E-state index in [9.17, 15) is 10.2 Å². The van der Waals surface area contributed by atoms with Gasteiger partial charge in [0.2, 0.25) is 0 Å². The number of rotatable bonds is 0. The minimum absolute atomic E-state index is 0.257. The summed E-state index contributed by atoms with van der Waals surface area (Å²) in [6.07, 6.45) is 2.53.